The van der Waals surface area contributed by atoms with Crippen LogP contribution in [0.4, 0.5) is 17.5 Å². The van der Waals surface area contributed by atoms with Gasteiger partial charge in [-0.3, -0.25) is 4.90 Å². The largest absolute Gasteiger partial charge is 0.492 e. The van der Waals surface area contributed by atoms with Crippen LogP contribution < -0.4 is 15.4 Å². The molecule has 0 aliphatic carbocycles. The second kappa shape index (κ2) is 7.78. The van der Waals surface area contributed by atoms with E-state index in [1.807, 2.05) is 37.4 Å². The molecule has 1 aromatic heterocycles. The first-order valence-corrected chi connectivity index (χ1v) is 8.06. The van der Waals surface area contributed by atoms with E-state index in [4.69, 9.17) is 4.74 Å². The van der Waals surface area contributed by atoms with Crippen LogP contribution in [0.5, 0.6) is 5.75 Å². The Morgan fingerprint density at radius 2 is 1.91 bits per heavy atom. The molecule has 0 atom stereocenters. The molecule has 0 spiro atoms. The zero-order chi connectivity index (χ0) is 15.9. The minimum Gasteiger partial charge on any atom is -0.492 e. The number of nitrogens with one attached hydrogen (secondary N) is 2. The highest BCUT2D eigenvalue weighted by molar-refractivity contribution is 5.55. The lowest BCUT2D eigenvalue weighted by Gasteiger charge is -2.15. The van der Waals surface area contributed by atoms with Crippen LogP contribution in [0.2, 0.25) is 0 Å². The van der Waals surface area contributed by atoms with Gasteiger partial charge in [0.15, 0.2) is 0 Å². The maximum absolute atomic E-state index is 5.80. The molecule has 0 unspecified atom stereocenters. The van der Waals surface area contributed by atoms with Gasteiger partial charge in [-0.05, 0) is 56.3 Å². The minimum absolute atomic E-state index is 0.569. The molecule has 1 aliphatic heterocycles. The van der Waals surface area contributed by atoms with Crippen LogP contribution in [0.3, 0.4) is 0 Å². The van der Waals surface area contributed by atoms with E-state index in [1.165, 1.54) is 25.9 Å². The molecule has 1 aromatic carbocycles. The molecule has 0 bridgehead atoms. The number of hydrogen-bond donors (Lipinski definition) is 2. The molecule has 0 saturated carbocycles. The third kappa shape index (κ3) is 4.56. The lowest BCUT2D eigenvalue weighted by atomic mass is 10.3. The van der Waals surface area contributed by atoms with Gasteiger partial charge in [-0.2, -0.15) is 4.98 Å². The highest BCUT2D eigenvalue weighted by Gasteiger charge is 2.10. The van der Waals surface area contributed by atoms with Gasteiger partial charge in [-0.15, -0.1) is 0 Å². The smallest absolute Gasteiger partial charge is 0.229 e. The third-order valence-corrected chi connectivity index (χ3v) is 3.90. The zero-order valence-electron chi connectivity index (χ0n) is 13.5. The molecule has 1 aliphatic rings. The van der Waals surface area contributed by atoms with E-state index in [0.29, 0.717) is 5.95 Å². The number of hydrogen-bond acceptors (Lipinski definition) is 6. The fourth-order valence-electron chi connectivity index (χ4n) is 2.62. The van der Waals surface area contributed by atoms with Crippen molar-refractivity contribution < 1.29 is 4.74 Å². The second-order valence-electron chi connectivity index (χ2n) is 5.56. The number of nitrogens with zero attached hydrogens (tertiary/aromatic N) is 3. The molecule has 122 valence electrons. The molecule has 2 aromatic rings. The monoisotopic (exact) mass is 313 g/mol. The SMILES string of the molecule is CNc1ccnc(Nc2ccc(OCCN3CCCC3)cc2)n1. The molecule has 2 heterocycles. The summed E-state index contributed by atoms with van der Waals surface area (Å²) in [4.78, 5) is 11.0. The van der Waals surface area contributed by atoms with Crippen molar-refractivity contribution in [2.75, 3.05) is 43.9 Å². The van der Waals surface area contributed by atoms with E-state index in [1.54, 1.807) is 6.20 Å². The molecule has 0 radical (unpaired) electrons. The Morgan fingerprint density at radius 3 is 2.65 bits per heavy atom. The van der Waals surface area contributed by atoms with Crippen molar-refractivity contribution in [1.29, 1.82) is 0 Å². The summed E-state index contributed by atoms with van der Waals surface area (Å²) in [5.74, 6) is 2.24. The number of aromatic nitrogens is 2. The Kier molecular flexibility index (Phi) is 5.26. The minimum atomic E-state index is 0.569. The zero-order valence-corrected chi connectivity index (χ0v) is 13.5. The van der Waals surface area contributed by atoms with Gasteiger partial charge in [0.05, 0.1) is 0 Å². The van der Waals surface area contributed by atoms with Crippen molar-refractivity contribution in [2.24, 2.45) is 0 Å². The van der Waals surface area contributed by atoms with Crippen LogP contribution >= 0.6 is 0 Å². The molecule has 23 heavy (non-hydrogen) atoms. The predicted octanol–water partition coefficient (Wildman–Crippen LogP) is 2.74. The van der Waals surface area contributed by atoms with Gasteiger partial charge in [-0.1, -0.05) is 0 Å². The normalized spacial score (nSPS) is 14.7. The van der Waals surface area contributed by atoms with Crippen LogP contribution in [0.15, 0.2) is 36.5 Å². The van der Waals surface area contributed by atoms with Crippen LogP contribution in [-0.4, -0.2) is 48.2 Å². The number of benzene rings is 1. The van der Waals surface area contributed by atoms with E-state index in [2.05, 4.69) is 25.5 Å². The summed E-state index contributed by atoms with van der Waals surface area (Å²) >= 11 is 0. The molecular weight excluding hydrogens is 290 g/mol. The van der Waals surface area contributed by atoms with E-state index in [-0.39, 0.29) is 0 Å². The summed E-state index contributed by atoms with van der Waals surface area (Å²) in [6.07, 6.45) is 4.35. The molecule has 6 heteroatoms. The number of ether oxygens (including phenoxy) is 1. The maximum Gasteiger partial charge on any atom is 0.229 e. The Hall–Kier alpha value is -2.34. The molecule has 6 nitrogen and oxygen atoms in total. The standard InChI is InChI=1S/C17H23N5O/c1-18-16-8-9-19-17(21-16)20-14-4-6-15(7-5-14)23-13-12-22-10-2-3-11-22/h4-9H,2-3,10-13H2,1H3,(H2,18,19,20,21). The second-order valence-corrected chi connectivity index (χ2v) is 5.56. The van der Waals surface area contributed by atoms with Gasteiger partial charge < -0.3 is 15.4 Å². The maximum atomic E-state index is 5.80. The Bertz CT molecular complexity index is 611. The van der Waals surface area contributed by atoms with Crippen molar-refractivity contribution in [3.63, 3.8) is 0 Å². The van der Waals surface area contributed by atoms with Crippen molar-refractivity contribution in [3.8, 4) is 5.75 Å². The summed E-state index contributed by atoms with van der Waals surface area (Å²) in [6.45, 7) is 4.15. The third-order valence-electron chi connectivity index (χ3n) is 3.90. The van der Waals surface area contributed by atoms with Gasteiger partial charge in [0, 0.05) is 25.5 Å². The van der Waals surface area contributed by atoms with Crippen molar-refractivity contribution >= 4 is 17.5 Å². The van der Waals surface area contributed by atoms with Crippen molar-refractivity contribution in [1.82, 2.24) is 14.9 Å². The van der Waals surface area contributed by atoms with Crippen LogP contribution in [0.25, 0.3) is 0 Å². The topological polar surface area (TPSA) is 62.3 Å². The van der Waals surface area contributed by atoms with E-state index < -0.39 is 0 Å². The van der Waals surface area contributed by atoms with Gasteiger partial charge >= 0.3 is 0 Å². The number of anilines is 3. The molecule has 2 N–H and O–H groups in total. The van der Waals surface area contributed by atoms with Gasteiger partial charge in [0.1, 0.15) is 18.2 Å². The summed E-state index contributed by atoms with van der Waals surface area (Å²) in [6, 6.07) is 9.70. The average Bonchev–Trinajstić information content (AvgIpc) is 3.10. The quantitative estimate of drug-likeness (QED) is 0.819. The Balaban J connectivity index is 1.50. The summed E-state index contributed by atoms with van der Waals surface area (Å²) in [7, 11) is 1.83. The lowest BCUT2D eigenvalue weighted by molar-refractivity contribution is 0.238. The van der Waals surface area contributed by atoms with Gasteiger partial charge in [0.25, 0.3) is 0 Å². The highest BCUT2D eigenvalue weighted by Crippen LogP contribution is 2.19. The fraction of sp³-hybridized carbons (Fsp3) is 0.412. The van der Waals surface area contributed by atoms with Gasteiger partial charge in [0.2, 0.25) is 5.95 Å². The highest BCUT2D eigenvalue weighted by atomic mass is 16.5. The van der Waals surface area contributed by atoms with Crippen LogP contribution in [0.1, 0.15) is 12.8 Å². The van der Waals surface area contributed by atoms with E-state index in [0.717, 1.165) is 30.4 Å². The predicted molar refractivity (Wildman–Crippen MR) is 92.5 cm³/mol. The summed E-state index contributed by atoms with van der Waals surface area (Å²) in [5.41, 5.74) is 0.935. The first kappa shape index (κ1) is 15.6. The average molecular weight is 313 g/mol. The van der Waals surface area contributed by atoms with E-state index >= 15 is 0 Å². The first-order chi connectivity index (χ1) is 11.3. The number of rotatable bonds is 7. The Labute approximate surface area is 136 Å². The van der Waals surface area contributed by atoms with E-state index in [9.17, 15) is 0 Å². The first-order valence-electron chi connectivity index (χ1n) is 8.06. The van der Waals surface area contributed by atoms with Gasteiger partial charge in [-0.25, -0.2) is 4.98 Å². The lowest BCUT2D eigenvalue weighted by Crippen LogP contribution is -2.25. The molecule has 3 rings (SSSR count). The molecule has 0 amide bonds. The van der Waals surface area contributed by atoms with Crippen LogP contribution in [0, 0.1) is 0 Å². The van der Waals surface area contributed by atoms with Crippen LogP contribution in [-0.2, 0) is 0 Å². The van der Waals surface area contributed by atoms with Crippen molar-refractivity contribution in [2.45, 2.75) is 12.8 Å². The molecule has 1 fully saturated rings. The van der Waals surface area contributed by atoms with Crippen molar-refractivity contribution in [3.05, 3.63) is 36.5 Å². The summed E-state index contributed by atoms with van der Waals surface area (Å²) in [5, 5.41) is 6.17. The summed E-state index contributed by atoms with van der Waals surface area (Å²) < 4.78 is 5.80. The molecule has 1 saturated heterocycles. The Morgan fingerprint density at radius 1 is 1.13 bits per heavy atom. The number of likely N-dealkylation sites (tertiary alicyclic amines) is 1. The fourth-order valence-corrected chi connectivity index (χ4v) is 2.62. The molecular formula is C17H23N5O.